The molecule has 5 heteroatoms. The number of benzene rings is 5. The van der Waals surface area contributed by atoms with Gasteiger partial charge >= 0.3 is 0 Å². The van der Waals surface area contributed by atoms with E-state index in [1.54, 1.807) is 12.3 Å². The lowest BCUT2D eigenvalue weighted by Crippen LogP contribution is -2.29. The van der Waals surface area contributed by atoms with Crippen LogP contribution in [-0.4, -0.2) is 21.4 Å². The van der Waals surface area contributed by atoms with Crippen LogP contribution >= 0.6 is 0 Å². The maximum absolute atomic E-state index is 14.2. The molecule has 0 saturated carbocycles. The molecule has 43 heavy (non-hydrogen) atoms. The second-order valence-corrected chi connectivity index (χ2v) is 10.8. The largest absolute Gasteiger partial charge is 0.308 e. The van der Waals surface area contributed by atoms with E-state index >= 15 is 0 Å². The van der Waals surface area contributed by atoms with Crippen molar-refractivity contribution in [3.63, 3.8) is 0 Å². The number of rotatable bonds is 4. The van der Waals surface area contributed by atoms with Gasteiger partial charge in [-0.1, -0.05) is 84.9 Å². The number of carbonyl (C=O) groups excluding carboxylic acids is 2. The van der Waals surface area contributed by atoms with Crippen LogP contribution in [0.2, 0.25) is 0 Å². The second-order valence-electron chi connectivity index (χ2n) is 10.8. The van der Waals surface area contributed by atoms with Crippen molar-refractivity contribution >= 4 is 39.3 Å². The fraction of sp³-hybridized carbons (Fsp3) is 0.0263. The average Bonchev–Trinajstić information content (AvgIpc) is 3.53. The zero-order valence-corrected chi connectivity index (χ0v) is 23.4. The molecule has 0 aliphatic carbocycles. The third kappa shape index (κ3) is 3.75. The van der Waals surface area contributed by atoms with Gasteiger partial charge in [0.1, 0.15) is 0 Å². The second kappa shape index (κ2) is 9.64. The van der Waals surface area contributed by atoms with Gasteiger partial charge in [0.15, 0.2) is 0 Å². The topological polar surface area (TPSA) is 55.2 Å². The molecule has 0 saturated heterocycles. The number of imide groups is 1. The monoisotopic (exact) mass is 555 g/mol. The third-order valence-electron chi connectivity index (χ3n) is 8.37. The molecular weight excluding hydrogens is 530 g/mol. The Morgan fingerprint density at radius 2 is 1.28 bits per heavy atom. The van der Waals surface area contributed by atoms with Crippen LogP contribution in [0.1, 0.15) is 26.3 Å². The summed E-state index contributed by atoms with van der Waals surface area (Å²) in [5.74, 6) is -0.646. The highest BCUT2D eigenvalue weighted by atomic mass is 16.2. The lowest BCUT2D eigenvalue weighted by molar-refractivity contribution is 0.0926. The van der Waals surface area contributed by atoms with Gasteiger partial charge < -0.3 is 4.57 Å². The van der Waals surface area contributed by atoms with E-state index in [1.165, 1.54) is 4.90 Å². The molecule has 0 unspecified atom stereocenters. The van der Waals surface area contributed by atoms with Crippen molar-refractivity contribution in [2.24, 2.45) is 0 Å². The Balaban J connectivity index is 1.33. The minimum Gasteiger partial charge on any atom is -0.308 e. The molecule has 0 radical (unpaired) electrons. The van der Waals surface area contributed by atoms with Gasteiger partial charge in [0, 0.05) is 28.7 Å². The van der Waals surface area contributed by atoms with Gasteiger partial charge in [-0.2, -0.15) is 0 Å². The minimum absolute atomic E-state index is 0.319. The van der Waals surface area contributed by atoms with Crippen LogP contribution in [0.25, 0.3) is 49.7 Å². The Kier molecular flexibility index (Phi) is 5.59. The molecule has 0 bridgehead atoms. The summed E-state index contributed by atoms with van der Waals surface area (Å²) < 4.78 is 2.14. The highest BCUT2D eigenvalue weighted by Gasteiger charge is 2.39. The van der Waals surface area contributed by atoms with E-state index in [2.05, 4.69) is 46.8 Å². The molecule has 2 aromatic heterocycles. The maximum Gasteiger partial charge on any atom is 0.268 e. The number of hydrogen-bond donors (Lipinski definition) is 0. The molecule has 0 spiro atoms. The molecule has 1 aliphatic rings. The number of nitrogens with zero attached hydrogens (tertiary/aromatic N) is 3. The van der Waals surface area contributed by atoms with E-state index in [4.69, 9.17) is 0 Å². The summed E-state index contributed by atoms with van der Waals surface area (Å²) in [6.45, 7) is 2.05. The first kappa shape index (κ1) is 24.9. The smallest absolute Gasteiger partial charge is 0.268 e. The van der Waals surface area contributed by atoms with E-state index in [1.807, 2.05) is 91.1 Å². The number of para-hydroxylation sites is 2. The number of anilines is 1. The molecule has 0 fully saturated rings. The van der Waals surface area contributed by atoms with Crippen LogP contribution in [-0.2, 0) is 0 Å². The van der Waals surface area contributed by atoms with Gasteiger partial charge in [0.2, 0.25) is 0 Å². The molecule has 3 heterocycles. The van der Waals surface area contributed by atoms with Crippen molar-refractivity contribution < 1.29 is 9.59 Å². The Bertz CT molecular complexity index is 2230. The van der Waals surface area contributed by atoms with Gasteiger partial charge in [0.25, 0.3) is 11.8 Å². The van der Waals surface area contributed by atoms with Crippen LogP contribution in [0, 0.1) is 6.92 Å². The van der Waals surface area contributed by atoms with Gasteiger partial charge in [-0.15, -0.1) is 0 Å². The van der Waals surface area contributed by atoms with Crippen molar-refractivity contribution in [1.29, 1.82) is 0 Å². The van der Waals surface area contributed by atoms with E-state index in [0.717, 1.165) is 49.6 Å². The first-order valence-electron chi connectivity index (χ1n) is 14.2. The number of fused-ring (bicyclic) bond motifs is 4. The fourth-order valence-electron chi connectivity index (χ4n) is 6.38. The highest BCUT2D eigenvalue weighted by Crippen LogP contribution is 2.41. The average molecular weight is 556 g/mol. The van der Waals surface area contributed by atoms with Gasteiger partial charge in [-0.25, -0.2) is 4.90 Å². The molecule has 204 valence electrons. The number of aryl methyl sites for hydroxylation is 1. The third-order valence-corrected chi connectivity index (χ3v) is 8.37. The quantitative estimate of drug-likeness (QED) is 0.204. The van der Waals surface area contributed by atoms with Crippen LogP contribution in [0.4, 0.5) is 5.69 Å². The Labute approximate surface area is 248 Å². The van der Waals surface area contributed by atoms with Crippen LogP contribution in [0.15, 0.2) is 134 Å². The number of aromatic nitrogens is 2. The standard InChI is InChI=1S/C38H25N3O2/c1-24-23-39-22-21-28(24)30-12-7-13-31-29-11-5-6-15-33(29)41(36(30)31)34-16-8-14-32-35(34)38(43)40(37(32)42)27-19-17-26(18-20-27)25-9-3-2-4-10-25/h2-23H,1H3. The summed E-state index contributed by atoms with van der Waals surface area (Å²) in [5, 5.41) is 2.15. The van der Waals surface area contributed by atoms with Crippen LogP contribution < -0.4 is 4.90 Å². The molecule has 0 N–H and O–H groups in total. The molecular formula is C38H25N3O2. The lowest BCUT2D eigenvalue weighted by Gasteiger charge is -2.16. The molecule has 2 amide bonds. The molecule has 8 rings (SSSR count). The summed E-state index contributed by atoms with van der Waals surface area (Å²) in [6, 6.07) is 39.7. The van der Waals surface area contributed by atoms with E-state index in [-0.39, 0.29) is 11.8 Å². The molecule has 7 aromatic rings. The minimum atomic E-state index is -0.327. The fourth-order valence-corrected chi connectivity index (χ4v) is 6.38. The van der Waals surface area contributed by atoms with Crippen molar-refractivity contribution in [1.82, 2.24) is 9.55 Å². The zero-order chi connectivity index (χ0) is 29.1. The summed E-state index contributed by atoms with van der Waals surface area (Å²) in [6.07, 6.45) is 3.67. The maximum atomic E-state index is 14.2. The van der Waals surface area contributed by atoms with Gasteiger partial charge in [0.05, 0.1) is 33.5 Å². The van der Waals surface area contributed by atoms with Crippen molar-refractivity contribution in [2.75, 3.05) is 4.90 Å². The van der Waals surface area contributed by atoms with Crippen molar-refractivity contribution in [3.05, 3.63) is 150 Å². The Hall–Kier alpha value is -5.81. The van der Waals surface area contributed by atoms with E-state index < -0.39 is 0 Å². The van der Waals surface area contributed by atoms with Crippen molar-refractivity contribution in [2.45, 2.75) is 6.92 Å². The predicted molar refractivity (Wildman–Crippen MR) is 172 cm³/mol. The zero-order valence-electron chi connectivity index (χ0n) is 23.4. The highest BCUT2D eigenvalue weighted by molar-refractivity contribution is 6.36. The van der Waals surface area contributed by atoms with Crippen LogP contribution in [0.5, 0.6) is 0 Å². The van der Waals surface area contributed by atoms with Gasteiger partial charge in [-0.3, -0.25) is 14.6 Å². The normalized spacial score (nSPS) is 12.8. The number of amides is 2. The van der Waals surface area contributed by atoms with E-state index in [0.29, 0.717) is 22.5 Å². The van der Waals surface area contributed by atoms with Crippen LogP contribution in [0.3, 0.4) is 0 Å². The van der Waals surface area contributed by atoms with E-state index in [9.17, 15) is 9.59 Å². The lowest BCUT2D eigenvalue weighted by atomic mass is 9.99. The first-order valence-corrected chi connectivity index (χ1v) is 14.2. The molecule has 5 nitrogen and oxygen atoms in total. The SMILES string of the molecule is Cc1cnccc1-c1cccc2c3ccccc3n(-c3cccc4c3C(=O)N(c3ccc(-c5ccccc5)cc3)C4=O)c12. The number of pyridine rings is 1. The first-order chi connectivity index (χ1) is 21.1. The summed E-state index contributed by atoms with van der Waals surface area (Å²) in [4.78, 5) is 33.7. The Morgan fingerprint density at radius 3 is 2.09 bits per heavy atom. The Morgan fingerprint density at radius 1 is 0.581 bits per heavy atom. The predicted octanol–water partition coefficient (Wildman–Crippen LogP) is 8.62. The molecule has 1 aliphatic heterocycles. The molecule has 0 atom stereocenters. The number of carbonyl (C=O) groups is 2. The summed E-state index contributed by atoms with van der Waals surface area (Å²) >= 11 is 0. The number of hydrogen-bond acceptors (Lipinski definition) is 3. The van der Waals surface area contributed by atoms with Gasteiger partial charge in [-0.05, 0) is 65.6 Å². The molecule has 5 aromatic carbocycles. The summed E-state index contributed by atoms with van der Waals surface area (Å²) in [7, 11) is 0. The van der Waals surface area contributed by atoms with Crippen molar-refractivity contribution in [3.8, 4) is 27.9 Å². The summed E-state index contributed by atoms with van der Waals surface area (Å²) in [5.41, 5.74) is 9.25.